The van der Waals surface area contributed by atoms with Crippen LogP contribution in [0.4, 0.5) is 17.3 Å². The first-order valence-corrected chi connectivity index (χ1v) is 6.38. The fraction of sp³-hybridized carbons (Fsp3) is 0.286. The predicted molar refractivity (Wildman–Crippen MR) is 77.1 cm³/mol. The molecule has 0 spiro atoms. The van der Waals surface area contributed by atoms with Gasteiger partial charge in [-0.25, -0.2) is 9.97 Å². The molecule has 3 rings (SSSR count). The quantitative estimate of drug-likeness (QED) is 0.923. The summed E-state index contributed by atoms with van der Waals surface area (Å²) in [7, 11) is 3.88. The molecule has 1 aromatic heterocycles. The topological polar surface area (TPSA) is 59.5 Å². The average molecular weight is 272 g/mol. The summed E-state index contributed by atoms with van der Waals surface area (Å²) in [5.41, 5.74) is 0.901. The Bertz CT molecular complexity index is 616. The standard InChI is InChI=1S/C14H16N4O2/c1-18(2)14-8-13(15-9-16-14)17-10-3-4-11-12(7-10)20-6-5-19-11/h3-4,7-9H,5-6H2,1-2H3,(H,15,16,17). The SMILES string of the molecule is CN(C)c1cc(Nc2ccc3c(c2)OCCO3)ncn1. The molecule has 0 radical (unpaired) electrons. The van der Waals surface area contributed by atoms with Crippen LogP contribution in [0.15, 0.2) is 30.6 Å². The third kappa shape index (κ3) is 2.59. The van der Waals surface area contributed by atoms with Gasteiger partial charge in [-0.05, 0) is 12.1 Å². The maximum atomic E-state index is 5.56. The molecule has 0 saturated carbocycles. The molecule has 6 heteroatoms. The molecule has 20 heavy (non-hydrogen) atoms. The normalized spacial score (nSPS) is 12.9. The Labute approximate surface area is 117 Å². The number of rotatable bonds is 3. The van der Waals surface area contributed by atoms with Gasteiger partial charge < -0.3 is 19.7 Å². The van der Waals surface area contributed by atoms with E-state index in [1.165, 1.54) is 6.33 Å². The van der Waals surface area contributed by atoms with Gasteiger partial charge in [-0.3, -0.25) is 0 Å². The van der Waals surface area contributed by atoms with Crippen LogP contribution in [-0.4, -0.2) is 37.3 Å². The van der Waals surface area contributed by atoms with Crippen LogP contribution in [0, 0.1) is 0 Å². The lowest BCUT2D eigenvalue weighted by molar-refractivity contribution is 0.171. The van der Waals surface area contributed by atoms with Gasteiger partial charge in [-0.2, -0.15) is 0 Å². The second-order valence-electron chi connectivity index (χ2n) is 4.64. The van der Waals surface area contributed by atoms with Crippen LogP contribution in [-0.2, 0) is 0 Å². The molecule has 1 aromatic carbocycles. The maximum absolute atomic E-state index is 5.56. The van der Waals surface area contributed by atoms with E-state index in [0.29, 0.717) is 13.2 Å². The molecule has 2 aromatic rings. The number of nitrogens with zero attached hydrogens (tertiary/aromatic N) is 3. The number of nitrogens with one attached hydrogen (secondary N) is 1. The first kappa shape index (κ1) is 12.5. The molecular weight excluding hydrogens is 256 g/mol. The molecule has 2 heterocycles. The number of ether oxygens (including phenoxy) is 2. The van der Waals surface area contributed by atoms with Crippen molar-refractivity contribution >= 4 is 17.3 Å². The van der Waals surface area contributed by atoms with E-state index < -0.39 is 0 Å². The molecule has 0 saturated heterocycles. The highest BCUT2D eigenvalue weighted by molar-refractivity contribution is 5.63. The molecule has 0 fully saturated rings. The van der Waals surface area contributed by atoms with E-state index in [2.05, 4.69) is 15.3 Å². The fourth-order valence-corrected chi connectivity index (χ4v) is 1.93. The van der Waals surface area contributed by atoms with Crippen molar-refractivity contribution in [3.8, 4) is 11.5 Å². The summed E-state index contributed by atoms with van der Waals surface area (Å²) in [6, 6.07) is 7.62. The summed E-state index contributed by atoms with van der Waals surface area (Å²) in [5, 5.41) is 3.24. The Morgan fingerprint density at radius 3 is 2.65 bits per heavy atom. The summed E-state index contributed by atoms with van der Waals surface area (Å²) in [5.74, 6) is 3.11. The molecule has 0 atom stereocenters. The summed E-state index contributed by atoms with van der Waals surface area (Å²) in [4.78, 5) is 10.3. The molecule has 1 aliphatic heterocycles. The molecule has 104 valence electrons. The minimum Gasteiger partial charge on any atom is -0.486 e. The van der Waals surface area contributed by atoms with Gasteiger partial charge in [0.2, 0.25) is 0 Å². The van der Waals surface area contributed by atoms with E-state index in [1.807, 2.05) is 43.3 Å². The molecule has 1 N–H and O–H groups in total. The number of anilines is 3. The van der Waals surface area contributed by atoms with Gasteiger partial charge >= 0.3 is 0 Å². The maximum Gasteiger partial charge on any atom is 0.163 e. The van der Waals surface area contributed by atoms with Crippen molar-refractivity contribution < 1.29 is 9.47 Å². The van der Waals surface area contributed by atoms with E-state index >= 15 is 0 Å². The summed E-state index contributed by atoms with van der Waals surface area (Å²) < 4.78 is 11.1. The Hall–Kier alpha value is -2.50. The molecule has 1 aliphatic rings. The molecule has 0 bridgehead atoms. The number of benzene rings is 1. The fourth-order valence-electron chi connectivity index (χ4n) is 1.93. The lowest BCUT2D eigenvalue weighted by atomic mass is 10.2. The Morgan fingerprint density at radius 1 is 1.05 bits per heavy atom. The molecule has 6 nitrogen and oxygen atoms in total. The van der Waals surface area contributed by atoms with Gasteiger partial charge in [0.25, 0.3) is 0 Å². The van der Waals surface area contributed by atoms with Crippen LogP contribution in [0.5, 0.6) is 11.5 Å². The predicted octanol–water partition coefficient (Wildman–Crippen LogP) is 2.06. The van der Waals surface area contributed by atoms with Crippen LogP contribution < -0.4 is 19.7 Å². The Morgan fingerprint density at radius 2 is 1.85 bits per heavy atom. The van der Waals surface area contributed by atoms with Crippen LogP contribution in [0.1, 0.15) is 0 Å². The number of fused-ring (bicyclic) bond motifs is 1. The van der Waals surface area contributed by atoms with E-state index in [4.69, 9.17) is 9.47 Å². The number of hydrogen-bond donors (Lipinski definition) is 1. The van der Waals surface area contributed by atoms with Crippen LogP contribution in [0.3, 0.4) is 0 Å². The Kier molecular flexibility index (Phi) is 3.28. The van der Waals surface area contributed by atoms with Crippen LogP contribution in [0.2, 0.25) is 0 Å². The smallest absolute Gasteiger partial charge is 0.163 e. The monoisotopic (exact) mass is 272 g/mol. The van der Waals surface area contributed by atoms with Gasteiger partial charge in [0, 0.05) is 31.9 Å². The lowest BCUT2D eigenvalue weighted by Gasteiger charge is -2.19. The van der Waals surface area contributed by atoms with Gasteiger partial charge in [0.15, 0.2) is 11.5 Å². The van der Waals surface area contributed by atoms with Crippen molar-refractivity contribution in [1.82, 2.24) is 9.97 Å². The van der Waals surface area contributed by atoms with Crippen molar-refractivity contribution in [2.45, 2.75) is 0 Å². The summed E-state index contributed by atoms with van der Waals surface area (Å²) in [6.45, 7) is 1.17. The van der Waals surface area contributed by atoms with E-state index in [9.17, 15) is 0 Å². The molecule has 0 amide bonds. The zero-order valence-corrected chi connectivity index (χ0v) is 11.5. The highest BCUT2D eigenvalue weighted by Gasteiger charge is 2.12. The first-order chi connectivity index (χ1) is 9.72. The minimum absolute atomic E-state index is 0.578. The second-order valence-corrected chi connectivity index (χ2v) is 4.64. The third-order valence-corrected chi connectivity index (χ3v) is 2.93. The highest BCUT2D eigenvalue weighted by atomic mass is 16.6. The Balaban J connectivity index is 1.82. The van der Waals surface area contributed by atoms with Crippen LogP contribution >= 0.6 is 0 Å². The zero-order valence-electron chi connectivity index (χ0n) is 11.5. The van der Waals surface area contributed by atoms with Gasteiger partial charge in [0.1, 0.15) is 31.2 Å². The average Bonchev–Trinajstić information content (AvgIpc) is 2.47. The van der Waals surface area contributed by atoms with E-state index in [-0.39, 0.29) is 0 Å². The molecule has 0 aliphatic carbocycles. The van der Waals surface area contributed by atoms with E-state index in [0.717, 1.165) is 28.8 Å². The van der Waals surface area contributed by atoms with Gasteiger partial charge in [0.05, 0.1) is 0 Å². The second kappa shape index (κ2) is 5.24. The van der Waals surface area contributed by atoms with Crippen molar-refractivity contribution in [2.75, 3.05) is 37.5 Å². The largest absolute Gasteiger partial charge is 0.486 e. The van der Waals surface area contributed by atoms with Crippen molar-refractivity contribution in [3.63, 3.8) is 0 Å². The molecule has 0 unspecified atom stereocenters. The molecular formula is C14H16N4O2. The highest BCUT2D eigenvalue weighted by Crippen LogP contribution is 2.33. The number of aromatic nitrogens is 2. The summed E-state index contributed by atoms with van der Waals surface area (Å²) in [6.07, 6.45) is 1.54. The van der Waals surface area contributed by atoms with E-state index in [1.54, 1.807) is 0 Å². The van der Waals surface area contributed by atoms with Crippen LogP contribution in [0.25, 0.3) is 0 Å². The summed E-state index contributed by atoms with van der Waals surface area (Å²) >= 11 is 0. The van der Waals surface area contributed by atoms with Crippen molar-refractivity contribution in [2.24, 2.45) is 0 Å². The number of hydrogen-bond acceptors (Lipinski definition) is 6. The van der Waals surface area contributed by atoms with Crippen molar-refractivity contribution in [3.05, 3.63) is 30.6 Å². The third-order valence-electron chi connectivity index (χ3n) is 2.93. The van der Waals surface area contributed by atoms with Gasteiger partial charge in [-0.15, -0.1) is 0 Å². The first-order valence-electron chi connectivity index (χ1n) is 6.38. The van der Waals surface area contributed by atoms with Crippen molar-refractivity contribution in [1.29, 1.82) is 0 Å². The lowest BCUT2D eigenvalue weighted by Crippen LogP contribution is -2.15. The van der Waals surface area contributed by atoms with Gasteiger partial charge in [-0.1, -0.05) is 0 Å². The minimum atomic E-state index is 0.578. The zero-order chi connectivity index (χ0) is 13.9.